The van der Waals surface area contributed by atoms with Crippen LogP contribution in [0.1, 0.15) is 0 Å². The molecule has 0 N–H and O–H groups in total. The van der Waals surface area contributed by atoms with Crippen molar-refractivity contribution in [3.63, 3.8) is 0 Å². The lowest BCUT2D eigenvalue weighted by atomic mass is 9.95. The molecular formula is C47H29N5S. The van der Waals surface area contributed by atoms with Crippen LogP contribution in [0.4, 0.5) is 0 Å². The van der Waals surface area contributed by atoms with E-state index >= 15 is 0 Å². The van der Waals surface area contributed by atoms with Crippen molar-refractivity contribution in [2.75, 3.05) is 0 Å². The van der Waals surface area contributed by atoms with E-state index in [2.05, 4.69) is 119 Å². The number of thiophene rings is 1. The molecule has 0 amide bonds. The van der Waals surface area contributed by atoms with Gasteiger partial charge in [0.15, 0.2) is 5.82 Å². The maximum atomic E-state index is 5.33. The molecule has 0 fully saturated rings. The number of hydrogen-bond acceptors (Lipinski definition) is 6. The molecule has 0 spiro atoms. The molecule has 5 nitrogen and oxygen atoms in total. The molecule has 248 valence electrons. The van der Waals surface area contributed by atoms with Gasteiger partial charge in [0, 0.05) is 83.9 Å². The Kier molecular flexibility index (Phi) is 7.59. The molecule has 0 aliphatic rings. The van der Waals surface area contributed by atoms with Crippen LogP contribution in [-0.2, 0) is 0 Å². The number of para-hydroxylation sites is 2. The maximum absolute atomic E-state index is 5.33. The number of benzene rings is 5. The summed E-state index contributed by atoms with van der Waals surface area (Å²) in [5.74, 6) is 0.722. The second kappa shape index (κ2) is 13.0. The van der Waals surface area contributed by atoms with Gasteiger partial charge in [-0.1, -0.05) is 127 Å². The number of nitrogens with zero attached hydrogens (tertiary/aromatic N) is 5. The Hall–Kier alpha value is -6.89. The first-order valence-electron chi connectivity index (χ1n) is 17.5. The summed E-state index contributed by atoms with van der Waals surface area (Å²) in [5.41, 5.74) is 12.4. The smallest absolute Gasteiger partial charge is 0.160 e. The second-order valence-electron chi connectivity index (χ2n) is 12.9. The summed E-state index contributed by atoms with van der Waals surface area (Å²) in [4.78, 5) is 25.4. The van der Waals surface area contributed by atoms with Gasteiger partial charge >= 0.3 is 0 Å². The fourth-order valence-corrected chi connectivity index (χ4v) is 8.48. The highest BCUT2D eigenvalue weighted by molar-refractivity contribution is 7.24. The number of aromatic nitrogens is 5. The van der Waals surface area contributed by atoms with Crippen LogP contribution in [0, 0.1) is 0 Å². The zero-order valence-electron chi connectivity index (χ0n) is 28.4. The predicted molar refractivity (Wildman–Crippen MR) is 218 cm³/mol. The van der Waals surface area contributed by atoms with Gasteiger partial charge < -0.3 is 0 Å². The van der Waals surface area contributed by atoms with Crippen LogP contribution >= 0.6 is 11.3 Å². The van der Waals surface area contributed by atoms with Crippen molar-refractivity contribution >= 4 is 43.2 Å². The Morgan fingerprint density at radius 2 is 0.925 bits per heavy atom. The highest BCUT2D eigenvalue weighted by Gasteiger charge is 2.23. The molecule has 0 bridgehead atoms. The number of fused-ring (bicyclic) bond motifs is 4. The van der Waals surface area contributed by atoms with E-state index in [9.17, 15) is 0 Å². The Morgan fingerprint density at radius 3 is 1.58 bits per heavy atom. The van der Waals surface area contributed by atoms with E-state index in [-0.39, 0.29) is 0 Å². The van der Waals surface area contributed by atoms with Gasteiger partial charge in [-0.2, -0.15) is 0 Å². The third kappa shape index (κ3) is 5.53. The van der Waals surface area contributed by atoms with E-state index in [1.807, 2.05) is 67.3 Å². The minimum absolute atomic E-state index is 0.722. The van der Waals surface area contributed by atoms with Gasteiger partial charge in [-0.15, -0.1) is 11.3 Å². The molecule has 53 heavy (non-hydrogen) atoms. The Labute approximate surface area is 310 Å². The zero-order valence-corrected chi connectivity index (χ0v) is 29.2. The molecule has 0 aliphatic carbocycles. The normalized spacial score (nSPS) is 11.4. The van der Waals surface area contributed by atoms with E-state index < -0.39 is 0 Å². The van der Waals surface area contributed by atoms with Gasteiger partial charge in [-0.05, 0) is 35.4 Å². The molecule has 0 unspecified atom stereocenters. The Bertz CT molecular complexity index is 2910. The molecule has 0 radical (unpaired) electrons. The average molecular weight is 696 g/mol. The van der Waals surface area contributed by atoms with Gasteiger partial charge in [0.1, 0.15) is 0 Å². The first kappa shape index (κ1) is 30.9. The van der Waals surface area contributed by atoms with Crippen LogP contribution in [0.2, 0.25) is 0 Å². The lowest BCUT2D eigenvalue weighted by Gasteiger charge is -2.12. The molecule has 6 heteroatoms. The van der Waals surface area contributed by atoms with Gasteiger partial charge in [-0.3, -0.25) is 9.97 Å². The van der Waals surface area contributed by atoms with Crippen LogP contribution in [0.15, 0.2) is 176 Å². The van der Waals surface area contributed by atoms with Gasteiger partial charge in [0.05, 0.1) is 22.4 Å². The highest BCUT2D eigenvalue weighted by Crippen LogP contribution is 2.49. The maximum Gasteiger partial charge on any atom is 0.160 e. The van der Waals surface area contributed by atoms with Crippen LogP contribution in [0.5, 0.6) is 0 Å². The Balaban J connectivity index is 1.07. The summed E-state index contributed by atoms with van der Waals surface area (Å²) in [6.45, 7) is 0. The lowest BCUT2D eigenvalue weighted by molar-refractivity contribution is 1.23. The van der Waals surface area contributed by atoms with Crippen molar-refractivity contribution in [1.29, 1.82) is 0 Å². The lowest BCUT2D eigenvalue weighted by Crippen LogP contribution is -1.95. The van der Waals surface area contributed by atoms with E-state index in [1.54, 1.807) is 11.3 Å². The summed E-state index contributed by atoms with van der Waals surface area (Å²) in [7, 11) is 0. The molecule has 0 saturated heterocycles. The molecule has 0 atom stereocenters. The van der Waals surface area contributed by atoms with Crippen LogP contribution in [0.25, 0.3) is 98.5 Å². The van der Waals surface area contributed by atoms with Gasteiger partial charge in [0.2, 0.25) is 0 Å². The SMILES string of the molecule is c1ccc(-c2nc(-c3ccc(-c4ccc(-c5nc6ccccc6c6sc(-c7cccnc7)c(-c7cccnc7)c56)cc4)cc3)c3ccccc3n2)cc1. The average Bonchev–Trinajstić information content (AvgIpc) is 3.65. The highest BCUT2D eigenvalue weighted by atomic mass is 32.1. The second-order valence-corrected chi connectivity index (χ2v) is 13.9. The molecule has 10 rings (SSSR count). The number of rotatable bonds is 6. The summed E-state index contributed by atoms with van der Waals surface area (Å²) in [6.07, 6.45) is 7.52. The van der Waals surface area contributed by atoms with Crippen molar-refractivity contribution in [1.82, 2.24) is 24.9 Å². The molecular weight excluding hydrogens is 667 g/mol. The van der Waals surface area contributed by atoms with Crippen molar-refractivity contribution in [3.8, 4) is 66.6 Å². The quantitative estimate of drug-likeness (QED) is 0.173. The van der Waals surface area contributed by atoms with Crippen LogP contribution in [0.3, 0.4) is 0 Å². The van der Waals surface area contributed by atoms with Gasteiger partial charge in [0.25, 0.3) is 0 Å². The largest absolute Gasteiger partial charge is 0.264 e. The van der Waals surface area contributed by atoms with Crippen molar-refractivity contribution in [3.05, 3.63) is 176 Å². The number of pyridine rings is 3. The van der Waals surface area contributed by atoms with E-state index in [0.29, 0.717) is 0 Å². The number of hydrogen-bond donors (Lipinski definition) is 0. The molecule has 5 aromatic carbocycles. The minimum atomic E-state index is 0.722. The summed E-state index contributed by atoms with van der Waals surface area (Å²) < 4.78 is 1.20. The Morgan fingerprint density at radius 1 is 0.377 bits per heavy atom. The van der Waals surface area contributed by atoms with Crippen LogP contribution < -0.4 is 0 Å². The fraction of sp³-hybridized carbons (Fsp3) is 0. The zero-order chi connectivity index (χ0) is 35.1. The first-order chi connectivity index (χ1) is 26.3. The fourth-order valence-electron chi connectivity index (χ4n) is 7.14. The van der Waals surface area contributed by atoms with Crippen molar-refractivity contribution in [2.24, 2.45) is 0 Å². The summed E-state index contributed by atoms with van der Waals surface area (Å²) >= 11 is 1.79. The molecule has 0 aliphatic heterocycles. The predicted octanol–water partition coefficient (Wildman–Crippen LogP) is 12.2. The van der Waals surface area contributed by atoms with E-state index in [4.69, 9.17) is 15.0 Å². The molecule has 0 saturated carbocycles. The third-order valence-electron chi connectivity index (χ3n) is 9.69. The summed E-state index contributed by atoms with van der Waals surface area (Å²) in [5, 5.41) is 3.30. The van der Waals surface area contributed by atoms with E-state index in [0.717, 1.165) is 93.8 Å². The standard InChI is InChI=1S/C47H29N5S/c1-2-10-34(11-3-1)47-51-39-16-6-4-14-37(39)43(52-47)32-22-18-30(19-23-32)31-20-24-33(25-21-31)44-42-41(35-12-8-26-48-28-35)45(36-13-9-27-49-29-36)53-46(42)38-15-5-7-17-40(38)50-44/h1-29H. The monoisotopic (exact) mass is 695 g/mol. The topological polar surface area (TPSA) is 64.5 Å². The van der Waals surface area contributed by atoms with Crippen molar-refractivity contribution in [2.45, 2.75) is 0 Å². The summed E-state index contributed by atoms with van der Waals surface area (Å²) in [6, 6.07) is 52.5. The third-order valence-corrected chi connectivity index (χ3v) is 11.0. The molecule has 5 aromatic heterocycles. The molecule has 5 heterocycles. The first-order valence-corrected chi connectivity index (χ1v) is 18.3. The van der Waals surface area contributed by atoms with E-state index in [1.165, 1.54) is 4.70 Å². The molecule has 10 aromatic rings. The van der Waals surface area contributed by atoms with Crippen molar-refractivity contribution < 1.29 is 0 Å². The van der Waals surface area contributed by atoms with Gasteiger partial charge in [-0.25, -0.2) is 15.0 Å². The minimum Gasteiger partial charge on any atom is -0.264 e. The van der Waals surface area contributed by atoms with Crippen LogP contribution in [-0.4, -0.2) is 24.9 Å².